The fourth-order valence-corrected chi connectivity index (χ4v) is 1.46. The molecular weight excluding hydrogens is 258 g/mol. The van der Waals surface area contributed by atoms with Gasteiger partial charge in [0.1, 0.15) is 0 Å². The third-order valence-corrected chi connectivity index (χ3v) is 2.60. The Morgan fingerprint density at radius 3 is 2.55 bits per heavy atom. The Kier molecular flexibility index (Phi) is 6.29. The van der Waals surface area contributed by atoms with Gasteiger partial charge >= 0.3 is 11.9 Å². The highest BCUT2D eigenvalue weighted by molar-refractivity contribution is 5.85. The number of ether oxygens (including phenoxy) is 1. The highest BCUT2D eigenvalue weighted by Gasteiger charge is 2.10. The average Bonchev–Trinajstić information content (AvgIpc) is 2.38. The highest BCUT2D eigenvalue weighted by Crippen LogP contribution is 2.12. The van der Waals surface area contributed by atoms with E-state index in [1.54, 1.807) is 19.1 Å². The Bertz CT molecular complexity index is 482. The largest absolute Gasteiger partial charge is 0.481 e. The molecule has 0 aliphatic heterocycles. The van der Waals surface area contributed by atoms with Gasteiger partial charge in [-0.3, -0.25) is 4.79 Å². The second-order valence-corrected chi connectivity index (χ2v) is 4.39. The zero-order valence-corrected chi connectivity index (χ0v) is 11.6. The number of hydrogen-bond donors (Lipinski definition) is 2. The first-order valence-corrected chi connectivity index (χ1v) is 6.46. The monoisotopic (exact) mass is 277 g/mol. The van der Waals surface area contributed by atoms with E-state index in [2.05, 4.69) is 5.32 Å². The summed E-state index contributed by atoms with van der Waals surface area (Å²) in [4.78, 5) is 22.5. The Balaban J connectivity index is 2.78. The second kappa shape index (κ2) is 7.99. The summed E-state index contributed by atoms with van der Waals surface area (Å²) in [5.41, 5.74) is 1.01. The van der Waals surface area contributed by atoms with Crippen LogP contribution < -0.4 is 5.32 Å². The van der Waals surface area contributed by atoms with Crippen molar-refractivity contribution in [2.75, 3.05) is 5.32 Å². The Labute approximate surface area is 118 Å². The zero-order chi connectivity index (χ0) is 15.0. The van der Waals surface area contributed by atoms with E-state index in [1.165, 1.54) is 6.08 Å². The van der Waals surface area contributed by atoms with Gasteiger partial charge in [0.05, 0.1) is 12.5 Å². The van der Waals surface area contributed by atoms with Crippen LogP contribution in [0.5, 0.6) is 0 Å². The molecule has 0 heterocycles. The third kappa shape index (κ3) is 6.04. The molecule has 0 spiro atoms. The molecule has 1 unspecified atom stereocenters. The van der Waals surface area contributed by atoms with Crippen LogP contribution in [0.3, 0.4) is 0 Å². The molecule has 1 atom stereocenters. The van der Waals surface area contributed by atoms with Crippen LogP contribution in [0.4, 0.5) is 5.69 Å². The fraction of sp³-hybridized carbons (Fsp3) is 0.333. The molecule has 5 heteroatoms. The number of carboxylic acid groups (broad SMARTS) is 1. The summed E-state index contributed by atoms with van der Waals surface area (Å²) in [6.07, 6.45) is 1.43. The summed E-state index contributed by atoms with van der Waals surface area (Å²) in [5.74, 6) is -1.56. The highest BCUT2D eigenvalue weighted by atomic mass is 16.5. The van der Waals surface area contributed by atoms with E-state index in [9.17, 15) is 9.59 Å². The molecule has 108 valence electrons. The Morgan fingerprint density at radius 1 is 1.35 bits per heavy atom. The summed E-state index contributed by atoms with van der Waals surface area (Å²) < 4.78 is 5.10. The summed E-state index contributed by atoms with van der Waals surface area (Å²) in [5, 5.41) is 11.8. The van der Waals surface area contributed by atoms with E-state index in [1.807, 2.05) is 25.1 Å². The average molecular weight is 277 g/mol. The van der Waals surface area contributed by atoms with Gasteiger partial charge in [-0.2, -0.15) is 0 Å². The molecule has 0 saturated heterocycles. The van der Waals surface area contributed by atoms with E-state index in [0.29, 0.717) is 6.42 Å². The summed E-state index contributed by atoms with van der Waals surface area (Å²) in [7, 11) is 0. The number of nitrogens with one attached hydrogen (secondary N) is 1. The minimum atomic E-state index is -1.02. The lowest BCUT2D eigenvalue weighted by Crippen LogP contribution is -2.14. The van der Waals surface area contributed by atoms with Gasteiger partial charge in [-0.1, -0.05) is 25.1 Å². The molecule has 1 aromatic carbocycles. The van der Waals surface area contributed by atoms with E-state index in [-0.39, 0.29) is 18.2 Å². The van der Waals surface area contributed by atoms with Crippen LogP contribution in [-0.2, 0) is 14.3 Å². The number of aliphatic carboxylic acids is 1. The van der Waals surface area contributed by atoms with Crippen LogP contribution in [0.25, 0.3) is 0 Å². The van der Waals surface area contributed by atoms with Crippen molar-refractivity contribution in [3.63, 3.8) is 0 Å². The van der Waals surface area contributed by atoms with Crippen LogP contribution in [-0.4, -0.2) is 23.1 Å². The first-order valence-electron chi connectivity index (χ1n) is 6.46. The van der Waals surface area contributed by atoms with Gasteiger partial charge in [0.25, 0.3) is 0 Å². The molecule has 0 bridgehead atoms. The maximum atomic E-state index is 11.7. The molecule has 20 heavy (non-hydrogen) atoms. The fourth-order valence-electron chi connectivity index (χ4n) is 1.46. The summed E-state index contributed by atoms with van der Waals surface area (Å²) in [6, 6.07) is 9.06. The van der Waals surface area contributed by atoms with E-state index in [4.69, 9.17) is 9.84 Å². The van der Waals surface area contributed by atoms with Gasteiger partial charge in [-0.25, -0.2) is 4.79 Å². The van der Waals surface area contributed by atoms with Crippen LogP contribution in [0.1, 0.15) is 26.7 Å². The molecule has 1 aromatic rings. The summed E-state index contributed by atoms with van der Waals surface area (Å²) in [6.45, 7) is 3.69. The van der Waals surface area contributed by atoms with Crippen molar-refractivity contribution in [3.8, 4) is 0 Å². The topological polar surface area (TPSA) is 75.6 Å². The molecule has 1 rings (SSSR count). The maximum absolute atomic E-state index is 11.7. The van der Waals surface area contributed by atoms with Crippen LogP contribution >= 0.6 is 0 Å². The molecule has 2 N–H and O–H groups in total. The number of carbonyl (C=O) groups is 2. The normalized spacial score (nSPS) is 12.6. The molecule has 5 nitrogen and oxygen atoms in total. The predicted octanol–water partition coefficient (Wildman–Crippen LogP) is 2.80. The van der Waals surface area contributed by atoms with Crippen molar-refractivity contribution < 1.29 is 19.4 Å². The van der Waals surface area contributed by atoms with Gasteiger partial charge in [0.15, 0.2) is 0 Å². The SMILES string of the molecule is CCC(C)OC(=O)C=C(CC(=O)O)Nc1ccccc1. The molecule has 0 amide bonds. The number of rotatable bonds is 7. The molecular formula is C15H19NO4. The van der Waals surface area contributed by atoms with Gasteiger partial charge in [0, 0.05) is 17.5 Å². The molecule has 0 saturated carbocycles. The van der Waals surface area contributed by atoms with Crippen molar-refractivity contribution in [2.45, 2.75) is 32.8 Å². The molecule has 0 aliphatic carbocycles. The second-order valence-electron chi connectivity index (χ2n) is 4.39. The number of carbonyl (C=O) groups excluding carboxylic acids is 1. The van der Waals surface area contributed by atoms with Gasteiger partial charge in [-0.05, 0) is 25.5 Å². The Morgan fingerprint density at radius 2 is 2.00 bits per heavy atom. The van der Waals surface area contributed by atoms with Crippen molar-refractivity contribution in [3.05, 3.63) is 42.1 Å². The number of hydrogen-bond acceptors (Lipinski definition) is 4. The number of anilines is 1. The Hall–Kier alpha value is -2.30. The predicted molar refractivity (Wildman–Crippen MR) is 76.2 cm³/mol. The molecule has 0 aromatic heterocycles. The number of esters is 1. The van der Waals surface area contributed by atoms with Crippen LogP contribution in [0.2, 0.25) is 0 Å². The molecule has 0 radical (unpaired) electrons. The van der Waals surface area contributed by atoms with E-state index >= 15 is 0 Å². The minimum Gasteiger partial charge on any atom is -0.481 e. The quantitative estimate of drug-likeness (QED) is 0.592. The number of carboxylic acids is 1. The summed E-state index contributed by atoms with van der Waals surface area (Å²) >= 11 is 0. The maximum Gasteiger partial charge on any atom is 0.332 e. The van der Waals surface area contributed by atoms with E-state index < -0.39 is 11.9 Å². The lowest BCUT2D eigenvalue weighted by Gasteiger charge is -2.11. The lowest BCUT2D eigenvalue weighted by atomic mass is 10.2. The standard InChI is InChI=1S/C15H19NO4/c1-3-11(2)20-15(19)10-13(9-14(17)18)16-12-7-5-4-6-8-12/h4-8,10-11,16H,3,9H2,1-2H3,(H,17,18). The van der Waals surface area contributed by atoms with Gasteiger partial charge < -0.3 is 15.2 Å². The van der Waals surface area contributed by atoms with Crippen molar-refractivity contribution in [2.24, 2.45) is 0 Å². The number of para-hydroxylation sites is 1. The third-order valence-electron chi connectivity index (χ3n) is 2.60. The van der Waals surface area contributed by atoms with E-state index in [0.717, 1.165) is 5.69 Å². The van der Waals surface area contributed by atoms with Crippen molar-refractivity contribution in [1.29, 1.82) is 0 Å². The molecule has 0 fully saturated rings. The van der Waals surface area contributed by atoms with Crippen LogP contribution in [0, 0.1) is 0 Å². The minimum absolute atomic E-state index is 0.193. The first kappa shape index (κ1) is 15.8. The smallest absolute Gasteiger partial charge is 0.332 e. The number of benzene rings is 1. The van der Waals surface area contributed by atoms with Gasteiger partial charge in [-0.15, -0.1) is 0 Å². The van der Waals surface area contributed by atoms with Crippen molar-refractivity contribution >= 4 is 17.6 Å². The van der Waals surface area contributed by atoms with Gasteiger partial charge in [0.2, 0.25) is 0 Å². The van der Waals surface area contributed by atoms with Crippen molar-refractivity contribution in [1.82, 2.24) is 0 Å². The molecule has 0 aliphatic rings. The first-order chi connectivity index (χ1) is 9.51. The lowest BCUT2D eigenvalue weighted by molar-refractivity contribution is -0.142. The zero-order valence-electron chi connectivity index (χ0n) is 11.6. The van der Waals surface area contributed by atoms with Crippen LogP contribution in [0.15, 0.2) is 42.1 Å².